The lowest BCUT2D eigenvalue weighted by Crippen LogP contribution is -1.99. The number of rotatable bonds is 4. The number of hydrogen-bond acceptors (Lipinski definition) is 5. The molecule has 0 fully saturated rings. The number of nitrogens with two attached hydrogens (primary N) is 1. The van der Waals surface area contributed by atoms with E-state index >= 15 is 0 Å². The fourth-order valence-electron chi connectivity index (χ4n) is 1.20. The molecule has 0 radical (unpaired) electrons. The second-order valence-electron chi connectivity index (χ2n) is 3.13. The van der Waals surface area contributed by atoms with Crippen molar-refractivity contribution in [1.29, 1.82) is 0 Å². The highest BCUT2D eigenvalue weighted by atomic mass is 35.5. The van der Waals surface area contributed by atoms with Crippen LogP contribution in [0.3, 0.4) is 0 Å². The topological polar surface area (TPSA) is 51.8 Å². The van der Waals surface area contributed by atoms with Crippen LogP contribution in [0.15, 0.2) is 6.07 Å². The second kappa shape index (κ2) is 5.42. The molecule has 0 atom stereocenters. The first-order valence-corrected chi connectivity index (χ1v) is 7.07. The summed E-state index contributed by atoms with van der Waals surface area (Å²) in [5.41, 5.74) is 6.31. The van der Waals surface area contributed by atoms with Crippen molar-refractivity contribution >= 4 is 45.9 Å². The lowest BCUT2D eigenvalue weighted by atomic mass is 10.3. The molecular formula is C9H9Cl2N3S2. The van der Waals surface area contributed by atoms with Gasteiger partial charge in [0.25, 0.3) is 0 Å². The Morgan fingerprint density at radius 2 is 2.06 bits per heavy atom. The van der Waals surface area contributed by atoms with Gasteiger partial charge in [0, 0.05) is 12.0 Å². The quantitative estimate of drug-likeness (QED) is 0.939. The lowest BCUT2D eigenvalue weighted by molar-refractivity contribution is 0.812. The number of hydrogen-bond donors (Lipinski definition) is 1. The predicted octanol–water partition coefficient (Wildman–Crippen LogP) is 3.46. The summed E-state index contributed by atoms with van der Waals surface area (Å²) >= 11 is 14.8. The van der Waals surface area contributed by atoms with Gasteiger partial charge in [0.2, 0.25) is 0 Å². The van der Waals surface area contributed by atoms with Gasteiger partial charge >= 0.3 is 0 Å². The SMILES string of the molecule is NCCCc1nnc(-c2cc(Cl)sc2Cl)s1. The third-order valence-corrected chi connectivity index (χ3v) is 4.45. The molecule has 0 amide bonds. The number of aromatic nitrogens is 2. The first-order chi connectivity index (χ1) is 7.70. The highest BCUT2D eigenvalue weighted by Gasteiger charge is 2.13. The first-order valence-electron chi connectivity index (χ1n) is 4.68. The maximum absolute atomic E-state index is 6.05. The van der Waals surface area contributed by atoms with Gasteiger partial charge in [-0.25, -0.2) is 0 Å². The lowest BCUT2D eigenvalue weighted by Gasteiger charge is -1.90. The van der Waals surface area contributed by atoms with Crippen molar-refractivity contribution < 1.29 is 0 Å². The molecule has 2 rings (SSSR count). The Hall–Kier alpha value is -0.200. The van der Waals surface area contributed by atoms with Gasteiger partial charge < -0.3 is 5.73 Å². The Morgan fingerprint density at radius 3 is 2.69 bits per heavy atom. The zero-order chi connectivity index (χ0) is 11.5. The molecule has 0 aliphatic rings. The summed E-state index contributed by atoms with van der Waals surface area (Å²) in [7, 11) is 0. The minimum atomic E-state index is 0.659. The maximum Gasteiger partial charge on any atom is 0.150 e. The van der Waals surface area contributed by atoms with Gasteiger partial charge in [-0.15, -0.1) is 21.5 Å². The summed E-state index contributed by atoms with van der Waals surface area (Å²) in [5.74, 6) is 0. The molecule has 2 N–H and O–H groups in total. The second-order valence-corrected chi connectivity index (χ2v) is 6.48. The highest BCUT2D eigenvalue weighted by molar-refractivity contribution is 7.21. The van der Waals surface area contributed by atoms with E-state index in [1.165, 1.54) is 22.7 Å². The normalized spacial score (nSPS) is 10.9. The molecule has 0 spiro atoms. The molecule has 0 aliphatic heterocycles. The van der Waals surface area contributed by atoms with Gasteiger partial charge in [0.1, 0.15) is 14.4 Å². The maximum atomic E-state index is 6.05. The van der Waals surface area contributed by atoms with Crippen molar-refractivity contribution in [3.8, 4) is 10.6 Å². The average Bonchev–Trinajstić information content (AvgIpc) is 2.82. The molecule has 2 aromatic rings. The summed E-state index contributed by atoms with van der Waals surface area (Å²) in [6.45, 7) is 0.667. The molecule has 0 bridgehead atoms. The fraction of sp³-hybridized carbons (Fsp3) is 0.333. The number of aryl methyl sites for hydroxylation is 1. The molecule has 0 saturated carbocycles. The fourth-order valence-corrected chi connectivity index (χ4v) is 3.69. The van der Waals surface area contributed by atoms with E-state index in [0.717, 1.165) is 28.4 Å². The van der Waals surface area contributed by atoms with E-state index in [-0.39, 0.29) is 0 Å². The first kappa shape index (κ1) is 12.3. The van der Waals surface area contributed by atoms with Crippen LogP contribution >= 0.6 is 45.9 Å². The van der Waals surface area contributed by atoms with Crippen LogP contribution in [0.5, 0.6) is 0 Å². The van der Waals surface area contributed by atoms with Crippen LogP contribution in [0.2, 0.25) is 8.67 Å². The molecule has 0 saturated heterocycles. The van der Waals surface area contributed by atoms with Gasteiger partial charge in [0.15, 0.2) is 0 Å². The van der Waals surface area contributed by atoms with E-state index in [0.29, 0.717) is 15.2 Å². The Bertz CT molecular complexity index is 481. The Labute approximate surface area is 111 Å². The molecule has 2 heterocycles. The van der Waals surface area contributed by atoms with Crippen molar-refractivity contribution in [2.24, 2.45) is 5.73 Å². The van der Waals surface area contributed by atoms with E-state index in [1.807, 2.05) is 6.07 Å². The minimum Gasteiger partial charge on any atom is -0.330 e. The molecular weight excluding hydrogens is 285 g/mol. The van der Waals surface area contributed by atoms with E-state index in [9.17, 15) is 0 Å². The Balaban J connectivity index is 2.21. The zero-order valence-electron chi connectivity index (χ0n) is 8.24. The van der Waals surface area contributed by atoms with Crippen LogP contribution in [-0.2, 0) is 6.42 Å². The van der Waals surface area contributed by atoms with Crippen LogP contribution in [0, 0.1) is 0 Å². The highest BCUT2D eigenvalue weighted by Crippen LogP contribution is 2.39. The van der Waals surface area contributed by atoms with E-state index in [4.69, 9.17) is 28.9 Å². The van der Waals surface area contributed by atoms with E-state index in [1.54, 1.807) is 0 Å². The van der Waals surface area contributed by atoms with Crippen molar-refractivity contribution in [3.63, 3.8) is 0 Å². The third kappa shape index (κ3) is 2.73. The molecule has 86 valence electrons. The van der Waals surface area contributed by atoms with Gasteiger partial charge in [-0.2, -0.15) is 0 Å². The van der Waals surface area contributed by atoms with Crippen molar-refractivity contribution in [3.05, 3.63) is 19.7 Å². The van der Waals surface area contributed by atoms with Gasteiger partial charge in [-0.05, 0) is 19.0 Å². The monoisotopic (exact) mass is 293 g/mol. The molecule has 0 aliphatic carbocycles. The molecule has 16 heavy (non-hydrogen) atoms. The zero-order valence-corrected chi connectivity index (χ0v) is 11.4. The van der Waals surface area contributed by atoms with Crippen LogP contribution in [0.1, 0.15) is 11.4 Å². The predicted molar refractivity (Wildman–Crippen MR) is 70.6 cm³/mol. The summed E-state index contributed by atoms with van der Waals surface area (Å²) < 4.78 is 1.32. The summed E-state index contributed by atoms with van der Waals surface area (Å²) in [6.07, 6.45) is 1.79. The summed E-state index contributed by atoms with van der Waals surface area (Å²) in [4.78, 5) is 0. The van der Waals surface area contributed by atoms with Crippen LogP contribution in [-0.4, -0.2) is 16.7 Å². The molecule has 0 unspecified atom stereocenters. The van der Waals surface area contributed by atoms with Gasteiger partial charge in [0.05, 0.1) is 4.34 Å². The molecule has 7 heteroatoms. The molecule has 2 aromatic heterocycles. The Morgan fingerprint density at radius 1 is 1.25 bits per heavy atom. The van der Waals surface area contributed by atoms with Crippen molar-refractivity contribution in [2.45, 2.75) is 12.8 Å². The summed E-state index contributed by atoms with van der Waals surface area (Å²) in [6, 6.07) is 1.82. The van der Waals surface area contributed by atoms with Crippen molar-refractivity contribution in [2.75, 3.05) is 6.54 Å². The number of halogens is 2. The average molecular weight is 294 g/mol. The van der Waals surface area contributed by atoms with Crippen LogP contribution < -0.4 is 5.73 Å². The van der Waals surface area contributed by atoms with E-state index in [2.05, 4.69) is 10.2 Å². The third-order valence-electron chi connectivity index (χ3n) is 1.95. The van der Waals surface area contributed by atoms with Crippen molar-refractivity contribution in [1.82, 2.24) is 10.2 Å². The van der Waals surface area contributed by atoms with Crippen LogP contribution in [0.4, 0.5) is 0 Å². The largest absolute Gasteiger partial charge is 0.330 e. The van der Waals surface area contributed by atoms with Gasteiger partial charge in [-0.1, -0.05) is 34.5 Å². The summed E-state index contributed by atoms with van der Waals surface area (Å²) in [5, 5.41) is 10.0. The molecule has 3 nitrogen and oxygen atoms in total. The Kier molecular flexibility index (Phi) is 4.16. The van der Waals surface area contributed by atoms with E-state index < -0.39 is 0 Å². The van der Waals surface area contributed by atoms with Gasteiger partial charge in [-0.3, -0.25) is 0 Å². The number of thiophene rings is 1. The molecule has 0 aromatic carbocycles. The number of nitrogens with zero attached hydrogens (tertiary/aromatic N) is 2. The minimum absolute atomic E-state index is 0.659. The van der Waals surface area contributed by atoms with Crippen LogP contribution in [0.25, 0.3) is 10.6 Å². The smallest absolute Gasteiger partial charge is 0.150 e. The standard InChI is InChI=1S/C9H9Cl2N3S2/c10-6-4-5(8(11)15-6)9-14-13-7(16-9)2-1-3-12/h4H,1-3,12H2.